The molecule has 1 unspecified atom stereocenters. The number of hydrogen-bond acceptors (Lipinski definition) is 8. The second-order valence-electron chi connectivity index (χ2n) is 8.14. The number of nitro benzene ring substituents is 1. The van der Waals surface area contributed by atoms with Gasteiger partial charge in [0, 0.05) is 29.4 Å². The number of esters is 2. The molecule has 10 nitrogen and oxygen atoms in total. The van der Waals surface area contributed by atoms with Crippen molar-refractivity contribution in [3.8, 4) is 0 Å². The Balaban J connectivity index is 2.34. The van der Waals surface area contributed by atoms with Crippen molar-refractivity contribution in [3.05, 3.63) is 97.9 Å². The fraction of sp³-hybridized carbons (Fsp3) is 0.269. The molecule has 36 heavy (non-hydrogen) atoms. The minimum Gasteiger partial charge on any atom is -0.478 e. The van der Waals surface area contributed by atoms with Crippen LogP contribution in [0, 0.1) is 10.1 Å². The SMILES string of the molecule is CCOC(=O)C(C1=C(C)NC(C)=C(C(=O)OC)[C@@H]1c1cccc([N+](=O)[O-])c1)c1cccc(C(=O)O)c1. The van der Waals surface area contributed by atoms with Crippen molar-refractivity contribution >= 4 is 23.6 Å². The smallest absolute Gasteiger partial charge is 0.336 e. The molecule has 0 bridgehead atoms. The Morgan fingerprint density at radius 3 is 2.42 bits per heavy atom. The Hall–Kier alpha value is -4.47. The molecule has 0 amide bonds. The van der Waals surface area contributed by atoms with E-state index in [9.17, 15) is 29.6 Å². The maximum absolute atomic E-state index is 13.4. The van der Waals surface area contributed by atoms with Crippen LogP contribution in [0.4, 0.5) is 5.69 Å². The van der Waals surface area contributed by atoms with E-state index in [1.165, 1.54) is 43.5 Å². The second kappa shape index (κ2) is 10.9. The number of nitro groups is 1. The van der Waals surface area contributed by atoms with E-state index in [2.05, 4.69) is 5.32 Å². The molecule has 3 rings (SSSR count). The summed E-state index contributed by atoms with van der Waals surface area (Å²) in [6.45, 7) is 5.09. The molecular formula is C26H26N2O8. The zero-order chi connectivity index (χ0) is 26.6. The topological polar surface area (TPSA) is 145 Å². The van der Waals surface area contributed by atoms with E-state index < -0.39 is 34.7 Å². The number of ether oxygens (including phenoxy) is 2. The van der Waals surface area contributed by atoms with Crippen molar-refractivity contribution < 1.29 is 33.9 Å². The van der Waals surface area contributed by atoms with E-state index in [0.29, 0.717) is 28.1 Å². The minimum absolute atomic E-state index is 0.0318. The molecule has 0 radical (unpaired) electrons. The summed E-state index contributed by atoms with van der Waals surface area (Å²) in [7, 11) is 1.22. The molecule has 10 heteroatoms. The van der Waals surface area contributed by atoms with E-state index in [0.717, 1.165) is 0 Å². The van der Waals surface area contributed by atoms with Crippen LogP contribution < -0.4 is 5.32 Å². The molecule has 188 valence electrons. The van der Waals surface area contributed by atoms with E-state index in [4.69, 9.17) is 9.47 Å². The van der Waals surface area contributed by atoms with Crippen LogP contribution in [-0.4, -0.2) is 41.7 Å². The van der Waals surface area contributed by atoms with E-state index in [-0.39, 0.29) is 23.4 Å². The molecule has 1 heterocycles. The third kappa shape index (κ3) is 5.12. The zero-order valence-corrected chi connectivity index (χ0v) is 20.2. The molecule has 1 aliphatic rings. The summed E-state index contributed by atoms with van der Waals surface area (Å²) in [5.74, 6) is -4.54. The van der Waals surface area contributed by atoms with Crippen LogP contribution in [0.5, 0.6) is 0 Å². The molecule has 0 saturated heterocycles. The maximum atomic E-state index is 13.4. The number of carboxylic acids is 1. The van der Waals surface area contributed by atoms with Gasteiger partial charge in [0.1, 0.15) is 5.92 Å². The second-order valence-corrected chi connectivity index (χ2v) is 8.14. The average molecular weight is 495 g/mol. The molecular weight excluding hydrogens is 468 g/mol. The van der Waals surface area contributed by atoms with Crippen molar-refractivity contribution in [2.24, 2.45) is 0 Å². The van der Waals surface area contributed by atoms with Crippen molar-refractivity contribution in [2.75, 3.05) is 13.7 Å². The Bertz CT molecular complexity index is 1290. The quantitative estimate of drug-likeness (QED) is 0.315. The van der Waals surface area contributed by atoms with Gasteiger partial charge in [0.15, 0.2) is 0 Å². The molecule has 1 aliphatic heterocycles. The maximum Gasteiger partial charge on any atom is 0.336 e. The van der Waals surface area contributed by atoms with Gasteiger partial charge in [-0.05, 0) is 49.6 Å². The number of carboxylic acid groups (broad SMARTS) is 1. The average Bonchev–Trinajstić information content (AvgIpc) is 2.85. The highest BCUT2D eigenvalue weighted by Gasteiger charge is 2.41. The number of dihydropyridines is 1. The summed E-state index contributed by atoms with van der Waals surface area (Å²) >= 11 is 0. The van der Waals surface area contributed by atoms with Crippen LogP contribution in [0.2, 0.25) is 0 Å². The highest BCUT2D eigenvalue weighted by Crippen LogP contribution is 2.46. The van der Waals surface area contributed by atoms with Crippen molar-refractivity contribution in [1.29, 1.82) is 0 Å². The lowest BCUT2D eigenvalue weighted by Crippen LogP contribution is -2.33. The van der Waals surface area contributed by atoms with Crippen LogP contribution in [0.1, 0.15) is 54.1 Å². The van der Waals surface area contributed by atoms with Gasteiger partial charge in [0.2, 0.25) is 0 Å². The summed E-state index contributed by atoms with van der Waals surface area (Å²) in [4.78, 5) is 49.0. The highest BCUT2D eigenvalue weighted by atomic mass is 16.6. The van der Waals surface area contributed by atoms with Crippen molar-refractivity contribution in [3.63, 3.8) is 0 Å². The molecule has 0 saturated carbocycles. The number of aromatic carboxylic acids is 1. The lowest BCUT2D eigenvalue weighted by molar-refractivity contribution is -0.384. The Labute approximate surface area is 207 Å². The van der Waals surface area contributed by atoms with Crippen LogP contribution in [0.15, 0.2) is 71.1 Å². The Kier molecular flexibility index (Phi) is 7.88. The summed E-state index contributed by atoms with van der Waals surface area (Å²) < 4.78 is 10.4. The van der Waals surface area contributed by atoms with Crippen LogP contribution in [0.3, 0.4) is 0 Å². The number of hydrogen-bond donors (Lipinski definition) is 2. The number of benzene rings is 2. The minimum atomic E-state index is -1.17. The first-order valence-corrected chi connectivity index (χ1v) is 11.1. The monoisotopic (exact) mass is 494 g/mol. The highest BCUT2D eigenvalue weighted by molar-refractivity contribution is 5.94. The summed E-state index contributed by atoms with van der Waals surface area (Å²) in [5, 5.41) is 24.1. The predicted octanol–water partition coefficient (Wildman–Crippen LogP) is 4.05. The largest absolute Gasteiger partial charge is 0.478 e. The van der Waals surface area contributed by atoms with Gasteiger partial charge >= 0.3 is 17.9 Å². The van der Waals surface area contributed by atoms with Gasteiger partial charge in [0.05, 0.1) is 29.8 Å². The summed E-state index contributed by atoms with van der Waals surface area (Å²) in [6.07, 6.45) is 0. The van der Waals surface area contributed by atoms with Gasteiger partial charge in [-0.25, -0.2) is 9.59 Å². The molecule has 0 aromatic heterocycles. The Morgan fingerprint density at radius 1 is 1.11 bits per heavy atom. The molecule has 0 fully saturated rings. The normalized spacial score (nSPS) is 16.2. The first kappa shape index (κ1) is 26.1. The van der Waals surface area contributed by atoms with Gasteiger partial charge in [-0.3, -0.25) is 14.9 Å². The number of methoxy groups -OCH3 is 1. The molecule has 0 aliphatic carbocycles. The number of non-ortho nitro benzene ring substituents is 1. The van der Waals surface area contributed by atoms with E-state index >= 15 is 0 Å². The fourth-order valence-corrected chi connectivity index (χ4v) is 4.46. The molecule has 2 aromatic carbocycles. The molecule has 2 aromatic rings. The Morgan fingerprint density at radius 2 is 1.81 bits per heavy atom. The fourth-order valence-electron chi connectivity index (χ4n) is 4.46. The van der Waals surface area contributed by atoms with Crippen molar-refractivity contribution in [1.82, 2.24) is 5.32 Å². The van der Waals surface area contributed by atoms with Crippen LogP contribution in [-0.2, 0) is 19.1 Å². The third-order valence-electron chi connectivity index (χ3n) is 5.93. The number of nitrogens with zero attached hydrogens (tertiary/aromatic N) is 1. The number of carbonyl (C=O) groups excluding carboxylic acids is 2. The first-order chi connectivity index (χ1) is 17.1. The van der Waals surface area contributed by atoms with Gasteiger partial charge in [-0.15, -0.1) is 0 Å². The van der Waals surface area contributed by atoms with Crippen LogP contribution in [0.25, 0.3) is 0 Å². The van der Waals surface area contributed by atoms with Gasteiger partial charge in [0.25, 0.3) is 5.69 Å². The van der Waals surface area contributed by atoms with Crippen molar-refractivity contribution in [2.45, 2.75) is 32.6 Å². The van der Waals surface area contributed by atoms with E-state index in [1.807, 2.05) is 0 Å². The third-order valence-corrected chi connectivity index (χ3v) is 5.93. The van der Waals surface area contributed by atoms with Gasteiger partial charge < -0.3 is 19.9 Å². The summed E-state index contributed by atoms with van der Waals surface area (Å²) in [5.41, 5.74) is 2.05. The number of carbonyl (C=O) groups is 3. The summed E-state index contributed by atoms with van der Waals surface area (Å²) in [6, 6.07) is 11.7. The molecule has 2 N–H and O–H groups in total. The van der Waals surface area contributed by atoms with E-state index in [1.54, 1.807) is 32.9 Å². The molecule has 2 atom stereocenters. The predicted molar refractivity (Wildman–Crippen MR) is 129 cm³/mol. The number of nitrogens with one attached hydrogen (secondary N) is 1. The van der Waals surface area contributed by atoms with Crippen LogP contribution >= 0.6 is 0 Å². The standard InChI is InChI=1S/C26H26N2O8/c1-5-36-26(32)23(16-8-6-10-18(12-16)24(29)30)20-14(2)27-15(3)21(25(31)35-4)22(20)17-9-7-11-19(13-17)28(33)34/h6-13,22-23,27H,5H2,1-4H3,(H,29,30)/t22-,23?/m1/s1. The number of rotatable bonds is 8. The lowest BCUT2D eigenvalue weighted by atomic mass is 9.73. The zero-order valence-electron chi connectivity index (χ0n) is 20.2. The number of allylic oxidation sites excluding steroid dienone is 2. The van der Waals surface area contributed by atoms with Gasteiger partial charge in [-0.1, -0.05) is 24.3 Å². The lowest BCUT2D eigenvalue weighted by Gasteiger charge is -2.35. The molecule has 0 spiro atoms. The first-order valence-electron chi connectivity index (χ1n) is 11.1. The van der Waals surface area contributed by atoms with Gasteiger partial charge in [-0.2, -0.15) is 0 Å².